The maximum absolute atomic E-state index is 12.0. The molecule has 0 radical (unpaired) electrons. The van der Waals surface area contributed by atoms with Crippen molar-refractivity contribution in [2.75, 3.05) is 13.2 Å². The highest BCUT2D eigenvalue weighted by atomic mass is 16.7. The summed E-state index contributed by atoms with van der Waals surface area (Å²) in [6.45, 7) is 8.71. The van der Waals surface area contributed by atoms with Gasteiger partial charge >= 0.3 is 0 Å². The van der Waals surface area contributed by atoms with Crippen molar-refractivity contribution in [3.63, 3.8) is 0 Å². The zero-order chi connectivity index (χ0) is 18.2. The predicted octanol–water partition coefficient (Wildman–Crippen LogP) is 4.90. The minimum Gasteiger partial charge on any atom is -0.348 e. The Morgan fingerprint density at radius 2 is 1.69 bits per heavy atom. The molecule has 0 spiro atoms. The van der Waals surface area contributed by atoms with Crippen LogP contribution in [0.4, 0.5) is 0 Å². The van der Waals surface area contributed by atoms with Crippen molar-refractivity contribution in [1.82, 2.24) is 0 Å². The Balaban J connectivity index is 1.45. The Morgan fingerprint density at radius 3 is 2.46 bits per heavy atom. The lowest BCUT2D eigenvalue weighted by atomic mass is 9.46. The van der Waals surface area contributed by atoms with Gasteiger partial charge in [-0.25, -0.2) is 0 Å². The normalized spacial score (nSPS) is 50.0. The van der Waals surface area contributed by atoms with Crippen LogP contribution in [0, 0.1) is 34.5 Å². The molecule has 1 saturated heterocycles. The van der Waals surface area contributed by atoms with Gasteiger partial charge in [0.25, 0.3) is 0 Å². The molecule has 3 heteroatoms. The van der Waals surface area contributed by atoms with Gasteiger partial charge in [-0.15, -0.1) is 0 Å². The van der Waals surface area contributed by atoms with Crippen LogP contribution >= 0.6 is 0 Å². The number of fused-ring (bicyclic) bond motifs is 5. The number of ether oxygens (including phenoxy) is 2. The largest absolute Gasteiger partial charge is 0.348 e. The lowest BCUT2D eigenvalue weighted by Gasteiger charge is -2.58. The third kappa shape index (κ3) is 2.22. The maximum Gasteiger partial charge on any atom is 0.169 e. The van der Waals surface area contributed by atoms with Gasteiger partial charge in [0, 0.05) is 12.3 Å². The van der Waals surface area contributed by atoms with Crippen LogP contribution in [0.5, 0.6) is 0 Å². The van der Waals surface area contributed by atoms with E-state index in [2.05, 4.69) is 20.8 Å². The maximum atomic E-state index is 12.0. The van der Waals surface area contributed by atoms with Gasteiger partial charge in [0.2, 0.25) is 0 Å². The first kappa shape index (κ1) is 17.4. The lowest BCUT2D eigenvalue weighted by Crippen LogP contribution is -2.53. The summed E-state index contributed by atoms with van der Waals surface area (Å²) in [5, 5.41) is 0. The summed E-state index contributed by atoms with van der Waals surface area (Å²) in [4.78, 5) is 12.0. The zero-order valence-electron chi connectivity index (χ0n) is 16.7. The minimum absolute atomic E-state index is 0.278. The molecule has 3 nitrogen and oxygen atoms in total. The molecule has 1 aliphatic heterocycles. The van der Waals surface area contributed by atoms with E-state index in [1.54, 1.807) is 0 Å². The van der Waals surface area contributed by atoms with Crippen molar-refractivity contribution < 1.29 is 14.3 Å². The van der Waals surface area contributed by atoms with Crippen LogP contribution in [0.25, 0.3) is 0 Å². The van der Waals surface area contributed by atoms with Crippen molar-refractivity contribution >= 4 is 5.78 Å². The molecule has 0 aromatic heterocycles. The molecule has 4 aliphatic carbocycles. The van der Waals surface area contributed by atoms with E-state index in [1.807, 2.05) is 6.08 Å². The highest BCUT2D eigenvalue weighted by Gasteiger charge is 2.63. The van der Waals surface area contributed by atoms with Crippen LogP contribution in [0.3, 0.4) is 0 Å². The molecule has 4 fully saturated rings. The third-order valence-electron chi connectivity index (χ3n) is 9.46. The van der Waals surface area contributed by atoms with Crippen LogP contribution < -0.4 is 0 Å². The summed E-state index contributed by atoms with van der Waals surface area (Å²) >= 11 is 0. The molecule has 6 atom stereocenters. The standard InChI is InChI=1S/C23H34O3/c1-21-10-8-16(24)14-15(21)4-5-17-18-6-7-20(23(3)25-12-13-26-23)22(18,2)11-9-19(17)21/h14,17-20H,4-13H2,1-3H3. The van der Waals surface area contributed by atoms with Crippen molar-refractivity contribution in [2.24, 2.45) is 34.5 Å². The van der Waals surface area contributed by atoms with Gasteiger partial charge in [-0.1, -0.05) is 19.4 Å². The number of carbonyl (C=O) groups is 1. The minimum atomic E-state index is -0.364. The molecule has 144 valence electrons. The van der Waals surface area contributed by atoms with Gasteiger partial charge in [-0.05, 0) is 86.5 Å². The number of allylic oxidation sites excluding steroid dienone is 1. The van der Waals surface area contributed by atoms with E-state index in [1.165, 1.54) is 37.7 Å². The van der Waals surface area contributed by atoms with Crippen molar-refractivity contribution in [1.29, 1.82) is 0 Å². The number of hydrogen-bond acceptors (Lipinski definition) is 3. The number of carbonyl (C=O) groups excluding carboxylic acids is 1. The number of hydrogen-bond donors (Lipinski definition) is 0. The second-order valence-corrected chi connectivity index (χ2v) is 10.4. The fourth-order valence-electron chi connectivity index (χ4n) is 8.15. The monoisotopic (exact) mass is 358 g/mol. The van der Waals surface area contributed by atoms with Gasteiger partial charge in [0.1, 0.15) is 0 Å². The summed E-state index contributed by atoms with van der Waals surface area (Å²) in [5.74, 6) is 2.91. The first-order valence-electron chi connectivity index (χ1n) is 10.9. The first-order chi connectivity index (χ1) is 12.4. The predicted molar refractivity (Wildman–Crippen MR) is 101 cm³/mol. The van der Waals surface area contributed by atoms with E-state index in [0.29, 0.717) is 17.1 Å². The lowest BCUT2D eigenvalue weighted by molar-refractivity contribution is -0.214. The van der Waals surface area contributed by atoms with Gasteiger partial charge in [0.05, 0.1) is 13.2 Å². The smallest absolute Gasteiger partial charge is 0.169 e. The number of ketones is 1. The molecule has 0 bridgehead atoms. The van der Waals surface area contributed by atoms with Crippen LogP contribution in [-0.4, -0.2) is 24.8 Å². The Hall–Kier alpha value is -0.670. The first-order valence-corrected chi connectivity index (χ1v) is 10.9. The molecule has 0 aromatic rings. The Bertz CT molecular complexity index is 646. The average Bonchev–Trinajstić information content (AvgIpc) is 3.19. The molecule has 26 heavy (non-hydrogen) atoms. The average molecular weight is 359 g/mol. The molecule has 1 heterocycles. The molecule has 5 aliphatic rings. The van der Waals surface area contributed by atoms with E-state index in [0.717, 1.165) is 50.2 Å². The summed E-state index contributed by atoms with van der Waals surface area (Å²) < 4.78 is 12.2. The summed E-state index contributed by atoms with van der Waals surface area (Å²) in [7, 11) is 0. The molecular weight excluding hydrogens is 324 g/mol. The molecule has 0 aromatic carbocycles. The van der Waals surface area contributed by atoms with Crippen LogP contribution in [-0.2, 0) is 14.3 Å². The van der Waals surface area contributed by atoms with Gasteiger partial charge in [-0.3, -0.25) is 4.79 Å². The van der Waals surface area contributed by atoms with Crippen molar-refractivity contribution in [3.05, 3.63) is 11.6 Å². The second-order valence-electron chi connectivity index (χ2n) is 10.4. The third-order valence-corrected chi connectivity index (χ3v) is 9.46. The fraction of sp³-hybridized carbons (Fsp3) is 0.870. The van der Waals surface area contributed by atoms with Gasteiger partial charge in [0.15, 0.2) is 11.6 Å². The quantitative estimate of drug-likeness (QED) is 0.669. The Labute approximate surface area is 157 Å². The Kier molecular flexibility index (Phi) is 3.80. The Morgan fingerprint density at radius 1 is 0.923 bits per heavy atom. The molecular formula is C23H34O3. The zero-order valence-corrected chi connectivity index (χ0v) is 16.7. The highest BCUT2D eigenvalue weighted by Crippen LogP contribution is 2.68. The van der Waals surface area contributed by atoms with E-state index in [9.17, 15) is 4.79 Å². The van der Waals surface area contributed by atoms with E-state index in [-0.39, 0.29) is 11.2 Å². The van der Waals surface area contributed by atoms with Gasteiger partial charge < -0.3 is 9.47 Å². The van der Waals surface area contributed by atoms with Gasteiger partial charge in [-0.2, -0.15) is 0 Å². The molecule has 0 amide bonds. The SMILES string of the molecule is CC1(C2CCC3C4CCC5=CC(=O)CCC5(C)C4CCC32C)OCCO1. The van der Waals surface area contributed by atoms with E-state index < -0.39 is 0 Å². The van der Waals surface area contributed by atoms with Crippen molar-refractivity contribution in [3.8, 4) is 0 Å². The van der Waals surface area contributed by atoms with E-state index >= 15 is 0 Å². The molecule has 5 rings (SSSR count). The van der Waals surface area contributed by atoms with Crippen LogP contribution in [0.2, 0.25) is 0 Å². The molecule has 3 saturated carbocycles. The fourth-order valence-corrected chi connectivity index (χ4v) is 8.15. The van der Waals surface area contributed by atoms with Crippen LogP contribution in [0.15, 0.2) is 11.6 Å². The molecule has 0 N–H and O–H groups in total. The summed E-state index contributed by atoms with van der Waals surface area (Å²) in [6, 6.07) is 0. The second kappa shape index (κ2) is 5.67. The summed E-state index contributed by atoms with van der Waals surface area (Å²) in [5.41, 5.74) is 2.10. The number of rotatable bonds is 1. The summed E-state index contributed by atoms with van der Waals surface area (Å²) in [6.07, 6.45) is 11.5. The van der Waals surface area contributed by atoms with Crippen molar-refractivity contribution in [2.45, 2.75) is 77.9 Å². The van der Waals surface area contributed by atoms with E-state index in [4.69, 9.17) is 9.47 Å². The molecule has 6 unspecified atom stereocenters. The topological polar surface area (TPSA) is 35.5 Å². The highest BCUT2D eigenvalue weighted by molar-refractivity contribution is 5.91. The van der Waals surface area contributed by atoms with Crippen LogP contribution in [0.1, 0.15) is 72.1 Å².